The zero-order valence-electron chi connectivity index (χ0n) is 70.9. The number of halogens is 4. The van der Waals surface area contributed by atoms with Crippen LogP contribution in [0.2, 0.25) is 0 Å². The van der Waals surface area contributed by atoms with E-state index < -0.39 is 113 Å². The summed E-state index contributed by atoms with van der Waals surface area (Å²) in [5.41, 5.74) is 10.9. The van der Waals surface area contributed by atoms with Gasteiger partial charge in [0.2, 0.25) is 23.8 Å². The van der Waals surface area contributed by atoms with Crippen molar-refractivity contribution >= 4 is 90.0 Å². The van der Waals surface area contributed by atoms with Gasteiger partial charge in [0.1, 0.15) is 88.6 Å². The summed E-state index contributed by atoms with van der Waals surface area (Å²) < 4.78 is 179. The number of nitrogen functional groups attached to an aromatic ring is 2. The average molecular weight is 1950 g/mol. The minimum atomic E-state index is -5.84. The number of H-pyrrole nitrogens is 2. The molecule has 4 unspecified atom stereocenters. The topological polar surface area (TPSA) is 502 Å². The van der Waals surface area contributed by atoms with E-state index in [0.717, 1.165) is 16.7 Å². The van der Waals surface area contributed by atoms with Gasteiger partial charge >= 0.3 is 15.6 Å². The molecule has 8 saturated heterocycles. The van der Waals surface area contributed by atoms with Gasteiger partial charge in [0, 0.05) is 68.8 Å². The second-order valence-electron chi connectivity index (χ2n) is 31.3. The SMILES string of the molecule is CC(C)C(=O)Nc1nc2c(ncn2[C@@H]2CO[C@@H]3COC(c4ccccc4)O[C@H]3[C@H]2OCCCO)c(=O)[nH]1.COCCO[C@@H]1[C@@H]2OC(c3ccccc3)OC[C@H]2OC[C@@H]1OS(=O)(=O)C(F)(F)F.COCCO[C@@H]1[C@@H]2OC(c3ccccc3)OC[C@H]2OC[C@H]1n1cnc2c(I)nc(N)nc21.Nc1nc2c(ncn2[C@@H]2CO[C@@H]3COC(c4ccccc4)O[C@H]3[C@H]2OCCCO)c(=O)[nH]1. The van der Waals surface area contributed by atoms with Crippen molar-refractivity contribution in [2.45, 2.75) is 155 Å². The molecule has 10 aromatic rings. The molecular formula is C84H101F3IN15O26S. The number of rotatable bonds is 27. The lowest BCUT2D eigenvalue weighted by molar-refractivity contribution is -0.317. The largest absolute Gasteiger partial charge is 0.523 e. The Hall–Kier alpha value is -9.17. The number of nitrogens with one attached hydrogen (secondary N) is 3. The fourth-order valence-electron chi connectivity index (χ4n) is 15.9. The number of amides is 1. The fraction of sp³-hybridized carbons (Fsp3) is 0.524. The summed E-state index contributed by atoms with van der Waals surface area (Å²) in [7, 11) is -2.77. The molecule has 8 fully saturated rings. The Morgan fingerprint density at radius 3 is 1.25 bits per heavy atom. The van der Waals surface area contributed by atoms with Crippen LogP contribution in [-0.2, 0) is 104 Å². The lowest BCUT2D eigenvalue weighted by Crippen LogP contribution is -2.60. The van der Waals surface area contributed by atoms with Crippen molar-refractivity contribution in [2.75, 3.05) is 137 Å². The van der Waals surface area contributed by atoms with Crippen molar-refractivity contribution in [3.63, 3.8) is 0 Å². The number of benzene rings is 4. The maximum Gasteiger partial charge on any atom is 0.523 e. The van der Waals surface area contributed by atoms with Crippen LogP contribution in [0, 0.1) is 9.62 Å². The lowest BCUT2D eigenvalue weighted by Gasteiger charge is -2.46. The summed E-state index contributed by atoms with van der Waals surface area (Å²) in [6.07, 6.45) is -4.46. The Bertz CT molecular complexity index is 5580. The van der Waals surface area contributed by atoms with E-state index in [2.05, 4.69) is 76.9 Å². The second-order valence-corrected chi connectivity index (χ2v) is 33.9. The zero-order chi connectivity index (χ0) is 91.2. The molecule has 8 aliphatic heterocycles. The number of carbonyl (C=O) groups excluding carboxylic acids is 1. The summed E-state index contributed by atoms with van der Waals surface area (Å²) in [5.74, 6) is -0.325. The van der Waals surface area contributed by atoms with E-state index in [4.69, 9.17) is 96.7 Å². The number of methoxy groups -OCH3 is 2. The first kappa shape index (κ1) is 95.4. The van der Waals surface area contributed by atoms with E-state index in [0.29, 0.717) is 91.8 Å². The summed E-state index contributed by atoms with van der Waals surface area (Å²) >= 11 is 2.11. The smallest absolute Gasteiger partial charge is 0.396 e. The minimum Gasteiger partial charge on any atom is -0.396 e. The molecule has 702 valence electrons. The molecule has 18 rings (SSSR count). The number of aliphatic hydroxyl groups is 2. The van der Waals surface area contributed by atoms with Crippen molar-refractivity contribution in [3.05, 3.63) is 187 Å². The van der Waals surface area contributed by atoms with Crippen LogP contribution in [0.15, 0.2) is 150 Å². The number of aromatic nitrogens is 12. The predicted molar refractivity (Wildman–Crippen MR) is 459 cm³/mol. The first-order valence-electron chi connectivity index (χ1n) is 42.1. The fourth-order valence-corrected chi connectivity index (χ4v) is 17.2. The van der Waals surface area contributed by atoms with Crippen LogP contribution in [-0.4, -0.2) is 288 Å². The van der Waals surface area contributed by atoms with Gasteiger partial charge in [-0.25, -0.2) is 19.9 Å². The predicted octanol–water partition coefficient (Wildman–Crippen LogP) is 5.92. The van der Waals surface area contributed by atoms with Gasteiger partial charge in [-0.1, -0.05) is 135 Å². The summed E-state index contributed by atoms with van der Waals surface area (Å²) in [6, 6.07) is 37.0. The van der Waals surface area contributed by atoms with Gasteiger partial charge in [0.05, 0.1) is 116 Å². The number of hydrogen-bond donors (Lipinski definition) is 7. The molecule has 6 aromatic heterocycles. The summed E-state index contributed by atoms with van der Waals surface area (Å²) in [4.78, 5) is 72.6. The van der Waals surface area contributed by atoms with E-state index in [-0.39, 0.29) is 135 Å². The van der Waals surface area contributed by atoms with E-state index in [1.165, 1.54) is 19.8 Å². The molecule has 0 radical (unpaired) electrons. The number of aliphatic hydroxyl groups excluding tert-OH is 2. The number of fused-ring (bicyclic) bond motifs is 7. The zero-order valence-corrected chi connectivity index (χ0v) is 73.8. The van der Waals surface area contributed by atoms with Crippen LogP contribution in [0.25, 0.3) is 33.5 Å². The summed E-state index contributed by atoms with van der Waals surface area (Å²) in [6.45, 7) is 6.84. The second kappa shape index (κ2) is 44.1. The van der Waals surface area contributed by atoms with Crippen LogP contribution in [0.1, 0.15) is 92.2 Å². The number of hydrogen-bond acceptors (Lipinski definition) is 35. The van der Waals surface area contributed by atoms with Gasteiger partial charge in [0.15, 0.2) is 53.1 Å². The Balaban J connectivity index is 0.000000133. The molecular weight excluding hydrogens is 1850 g/mol. The molecule has 0 spiro atoms. The number of imidazole rings is 3. The number of anilines is 3. The van der Waals surface area contributed by atoms with Gasteiger partial charge in [-0.15, -0.1) is 0 Å². The number of alkyl halides is 3. The highest BCUT2D eigenvalue weighted by Gasteiger charge is 2.56. The molecule has 46 heteroatoms. The molecule has 9 N–H and O–H groups in total. The third-order valence-corrected chi connectivity index (χ3v) is 24.1. The maximum atomic E-state index is 12.8. The van der Waals surface area contributed by atoms with Gasteiger partial charge in [-0.3, -0.25) is 33.9 Å². The Morgan fingerprint density at radius 1 is 0.500 bits per heavy atom. The molecule has 0 saturated carbocycles. The maximum absolute atomic E-state index is 12.8. The number of nitrogens with two attached hydrogens (primary N) is 2. The standard InChI is InChI=1S/C25H31N5O7.C21H24IN5O5.C21H25N5O6.C17H21F3O8S/c1-14(2)22(32)28-25-27-21-18(23(33)29-25)26-13-30(21)16-11-35-17-12-36-24(15-7-4-3-5-8-15)37-20(17)19(16)34-10-6-9-31;1-28-7-8-29-16-13(27-11-24-15-18(22)25-21(23)26-19(15)27)9-30-14-10-31-20(32-17(14)16)12-5-3-2-4-6-12;22-21-24-18-15(19(28)25-21)23-11-26(18)13-9-30-14-10-31-20(12-5-2-1-3-6-12)32-17(14)16(13)29-8-4-7-27;1-23-7-8-24-14-13(28-29(21,22)17(18,19)20)10-25-12-9-26-16(27-15(12)14)11-5-3-2-4-6-11/h3-5,7-8,13-14,16-17,19-20,24,31H,6,9-12H2,1-2H3,(H2,27,28,29,32,33);2-6,11,13-14,16-17,20H,7-10H2,1H3,(H2,23,25,26);1-3,5-6,11,13-14,16-17,20,27H,4,7-10H2,(H3,22,24,25,28);2-6,12-16H,7-10H2,1H3/t16-,17-,19+,20-,24?;2*13-,14-,16+,17-,20?;12-,13+,14+,15-,16?/m1111/s1. The summed E-state index contributed by atoms with van der Waals surface area (Å²) in [5, 5.41) is 21.2. The quantitative estimate of drug-likeness (QED) is 0.0103. The minimum absolute atomic E-state index is 0.00283. The third kappa shape index (κ3) is 22.3. The normalized spacial score (nSPS) is 28.0. The number of carbonyl (C=O) groups is 1. The van der Waals surface area contributed by atoms with Crippen LogP contribution in [0.5, 0.6) is 0 Å². The van der Waals surface area contributed by atoms with Crippen LogP contribution >= 0.6 is 22.6 Å². The van der Waals surface area contributed by atoms with Gasteiger partial charge in [-0.05, 0) is 35.4 Å². The Morgan fingerprint density at radius 2 is 0.862 bits per heavy atom. The van der Waals surface area contributed by atoms with Gasteiger partial charge in [-0.2, -0.15) is 36.5 Å². The molecule has 0 bridgehead atoms. The Labute approximate surface area is 754 Å². The average Bonchev–Trinajstić information content (AvgIpc) is 1.50. The molecule has 130 heavy (non-hydrogen) atoms. The highest BCUT2D eigenvalue weighted by atomic mass is 127. The number of nitrogens with zero attached hydrogens (tertiary/aromatic N) is 10. The van der Waals surface area contributed by atoms with Crippen molar-refractivity contribution in [1.29, 1.82) is 0 Å². The van der Waals surface area contributed by atoms with Gasteiger partial charge < -0.3 is 121 Å². The van der Waals surface area contributed by atoms with Gasteiger partial charge in [0.25, 0.3) is 11.1 Å². The highest BCUT2D eigenvalue weighted by molar-refractivity contribution is 14.1. The molecule has 41 nitrogen and oxygen atoms in total. The molecule has 8 aliphatic rings. The van der Waals surface area contributed by atoms with Crippen LogP contribution in [0.4, 0.5) is 31.0 Å². The first-order chi connectivity index (χ1) is 63.0. The van der Waals surface area contributed by atoms with E-state index in [1.807, 2.05) is 95.6 Å². The first-order valence-corrected chi connectivity index (χ1v) is 44.5. The molecule has 14 heterocycles. The third-order valence-electron chi connectivity index (χ3n) is 22.3. The van der Waals surface area contributed by atoms with E-state index in [1.54, 1.807) is 66.8 Å². The van der Waals surface area contributed by atoms with Crippen molar-refractivity contribution in [2.24, 2.45) is 5.92 Å². The van der Waals surface area contributed by atoms with E-state index >= 15 is 0 Å². The van der Waals surface area contributed by atoms with Crippen LogP contribution < -0.4 is 27.9 Å². The lowest BCUT2D eigenvalue weighted by atomic mass is 9.96. The number of aromatic amines is 2. The molecule has 1 amide bonds. The monoisotopic (exact) mass is 1950 g/mol. The number of ether oxygens (including phenoxy) is 18. The van der Waals surface area contributed by atoms with Crippen molar-refractivity contribution in [3.8, 4) is 0 Å². The van der Waals surface area contributed by atoms with Crippen molar-refractivity contribution in [1.82, 2.24) is 58.6 Å². The molecule has 0 aliphatic carbocycles. The van der Waals surface area contributed by atoms with E-state index in [9.17, 15) is 46.2 Å². The molecule has 20 atom stereocenters. The highest BCUT2D eigenvalue weighted by Crippen LogP contribution is 2.44. The van der Waals surface area contributed by atoms with Crippen LogP contribution in [0.3, 0.4) is 0 Å². The van der Waals surface area contributed by atoms with Crippen molar-refractivity contribution < 1.29 is 126 Å². The molecule has 4 aromatic carbocycles. The Kier molecular flexibility index (Phi) is 32.4.